The standard InChI is InChI=1S/C13H24N2O2/c1-15(13(16)9-17-5-4-14)8-12-7-10-2-3-11(12)6-10/h10-12H,2-9,14H2,1H3. The van der Waals surface area contributed by atoms with Crippen molar-refractivity contribution >= 4 is 5.91 Å². The first-order valence-corrected chi connectivity index (χ1v) is 6.72. The van der Waals surface area contributed by atoms with Crippen LogP contribution in [0.4, 0.5) is 0 Å². The van der Waals surface area contributed by atoms with E-state index in [1.165, 1.54) is 25.7 Å². The van der Waals surface area contributed by atoms with Crippen LogP contribution < -0.4 is 5.73 Å². The summed E-state index contributed by atoms with van der Waals surface area (Å²) in [6.07, 6.45) is 5.52. The molecule has 4 nitrogen and oxygen atoms in total. The molecule has 2 N–H and O–H groups in total. The van der Waals surface area contributed by atoms with Crippen LogP contribution in [-0.4, -0.2) is 44.2 Å². The molecule has 2 aliphatic carbocycles. The Labute approximate surface area is 103 Å². The van der Waals surface area contributed by atoms with Gasteiger partial charge in [0, 0.05) is 20.1 Å². The van der Waals surface area contributed by atoms with Gasteiger partial charge in [-0.2, -0.15) is 0 Å². The lowest BCUT2D eigenvalue weighted by Gasteiger charge is -2.27. The molecule has 0 radical (unpaired) electrons. The normalized spacial score (nSPS) is 30.8. The first-order valence-electron chi connectivity index (χ1n) is 6.72. The van der Waals surface area contributed by atoms with E-state index in [-0.39, 0.29) is 12.5 Å². The minimum absolute atomic E-state index is 0.0845. The molecular weight excluding hydrogens is 216 g/mol. The zero-order valence-corrected chi connectivity index (χ0v) is 10.7. The molecule has 2 rings (SSSR count). The zero-order valence-electron chi connectivity index (χ0n) is 10.7. The lowest BCUT2D eigenvalue weighted by molar-refractivity contribution is -0.135. The number of ether oxygens (including phenoxy) is 1. The minimum Gasteiger partial charge on any atom is -0.370 e. The van der Waals surface area contributed by atoms with E-state index in [4.69, 9.17) is 10.5 Å². The van der Waals surface area contributed by atoms with Crippen LogP contribution in [0.3, 0.4) is 0 Å². The lowest BCUT2D eigenvalue weighted by Crippen LogP contribution is -2.36. The van der Waals surface area contributed by atoms with Gasteiger partial charge in [0.15, 0.2) is 0 Å². The third kappa shape index (κ3) is 3.19. The molecule has 98 valence electrons. The zero-order chi connectivity index (χ0) is 12.3. The highest BCUT2D eigenvalue weighted by atomic mass is 16.5. The number of hydrogen-bond donors (Lipinski definition) is 1. The second kappa shape index (κ2) is 5.83. The fourth-order valence-corrected chi connectivity index (χ4v) is 3.41. The van der Waals surface area contributed by atoms with Crippen molar-refractivity contribution in [1.82, 2.24) is 4.90 Å². The van der Waals surface area contributed by atoms with Crippen LogP contribution >= 0.6 is 0 Å². The molecule has 0 aromatic rings. The maximum atomic E-state index is 11.8. The van der Waals surface area contributed by atoms with Gasteiger partial charge < -0.3 is 15.4 Å². The molecule has 2 aliphatic rings. The molecule has 0 aromatic carbocycles. The SMILES string of the molecule is CN(CC1CC2CCC1C2)C(=O)COCCN. The van der Waals surface area contributed by atoms with Gasteiger partial charge in [-0.3, -0.25) is 4.79 Å². The van der Waals surface area contributed by atoms with Crippen molar-refractivity contribution in [3.05, 3.63) is 0 Å². The van der Waals surface area contributed by atoms with Crippen molar-refractivity contribution in [3.63, 3.8) is 0 Å². The Morgan fingerprint density at radius 2 is 2.24 bits per heavy atom. The number of fused-ring (bicyclic) bond motifs is 2. The molecule has 2 bridgehead atoms. The van der Waals surface area contributed by atoms with Gasteiger partial charge in [-0.05, 0) is 37.0 Å². The van der Waals surface area contributed by atoms with Gasteiger partial charge in [0.05, 0.1) is 6.61 Å². The Morgan fingerprint density at radius 1 is 1.41 bits per heavy atom. The molecule has 0 heterocycles. The second-order valence-corrected chi connectivity index (χ2v) is 5.55. The quantitative estimate of drug-likeness (QED) is 0.700. The molecule has 2 saturated carbocycles. The van der Waals surface area contributed by atoms with Crippen LogP contribution in [0.15, 0.2) is 0 Å². The third-order valence-corrected chi connectivity index (χ3v) is 4.31. The molecule has 0 spiro atoms. The van der Waals surface area contributed by atoms with Crippen molar-refractivity contribution in [2.45, 2.75) is 25.7 Å². The van der Waals surface area contributed by atoms with Crippen LogP contribution in [0, 0.1) is 17.8 Å². The Morgan fingerprint density at radius 3 is 2.82 bits per heavy atom. The van der Waals surface area contributed by atoms with Gasteiger partial charge in [0.25, 0.3) is 0 Å². The summed E-state index contributed by atoms with van der Waals surface area (Å²) in [6.45, 7) is 2.03. The first-order chi connectivity index (χ1) is 8.20. The van der Waals surface area contributed by atoms with E-state index < -0.39 is 0 Å². The molecule has 2 fully saturated rings. The van der Waals surface area contributed by atoms with E-state index in [1.54, 1.807) is 0 Å². The largest absolute Gasteiger partial charge is 0.370 e. The van der Waals surface area contributed by atoms with Gasteiger partial charge >= 0.3 is 0 Å². The highest BCUT2D eigenvalue weighted by molar-refractivity contribution is 5.77. The van der Waals surface area contributed by atoms with Crippen molar-refractivity contribution in [3.8, 4) is 0 Å². The highest BCUT2D eigenvalue weighted by Gasteiger charge is 2.39. The average Bonchev–Trinajstić information content (AvgIpc) is 2.91. The summed E-state index contributed by atoms with van der Waals surface area (Å²) >= 11 is 0. The third-order valence-electron chi connectivity index (χ3n) is 4.31. The number of rotatable bonds is 6. The Bertz CT molecular complexity index is 270. The van der Waals surface area contributed by atoms with Gasteiger partial charge in [-0.25, -0.2) is 0 Å². The lowest BCUT2D eigenvalue weighted by atomic mass is 9.88. The van der Waals surface area contributed by atoms with Crippen LogP contribution in [0.1, 0.15) is 25.7 Å². The predicted octanol–water partition coefficient (Wildman–Crippen LogP) is 0.856. The number of carbonyl (C=O) groups excluding carboxylic acids is 1. The molecule has 0 aliphatic heterocycles. The van der Waals surface area contributed by atoms with E-state index in [9.17, 15) is 4.79 Å². The smallest absolute Gasteiger partial charge is 0.248 e. The minimum atomic E-state index is 0.0845. The molecule has 0 saturated heterocycles. The summed E-state index contributed by atoms with van der Waals surface area (Å²) < 4.78 is 5.18. The van der Waals surface area contributed by atoms with E-state index in [0.717, 1.165) is 24.3 Å². The van der Waals surface area contributed by atoms with Crippen LogP contribution in [0.25, 0.3) is 0 Å². The second-order valence-electron chi connectivity index (χ2n) is 5.55. The van der Waals surface area contributed by atoms with Gasteiger partial charge in [0.2, 0.25) is 5.91 Å². The van der Waals surface area contributed by atoms with E-state index in [1.807, 2.05) is 11.9 Å². The molecule has 0 aromatic heterocycles. The Kier molecular flexibility index (Phi) is 4.40. The molecular formula is C13H24N2O2. The number of nitrogens with two attached hydrogens (primary N) is 1. The highest BCUT2D eigenvalue weighted by Crippen LogP contribution is 2.48. The van der Waals surface area contributed by atoms with E-state index >= 15 is 0 Å². The van der Waals surface area contributed by atoms with E-state index in [2.05, 4.69) is 0 Å². The average molecular weight is 240 g/mol. The van der Waals surface area contributed by atoms with Crippen molar-refractivity contribution in [2.24, 2.45) is 23.5 Å². The first kappa shape index (κ1) is 12.8. The van der Waals surface area contributed by atoms with Gasteiger partial charge in [-0.1, -0.05) is 6.42 Å². The summed E-state index contributed by atoms with van der Waals surface area (Å²) in [5.41, 5.74) is 5.31. The number of amides is 1. The maximum absolute atomic E-state index is 11.8. The van der Waals surface area contributed by atoms with Crippen LogP contribution in [0.2, 0.25) is 0 Å². The van der Waals surface area contributed by atoms with Crippen molar-refractivity contribution < 1.29 is 9.53 Å². The number of nitrogens with zero attached hydrogens (tertiary/aromatic N) is 1. The van der Waals surface area contributed by atoms with Crippen molar-refractivity contribution in [2.75, 3.05) is 33.4 Å². The Balaban J connectivity index is 1.69. The molecule has 3 unspecified atom stereocenters. The monoisotopic (exact) mass is 240 g/mol. The molecule has 1 amide bonds. The summed E-state index contributed by atoms with van der Waals surface area (Å²) in [5.74, 6) is 2.64. The molecule has 3 atom stereocenters. The number of likely N-dealkylation sites (N-methyl/N-ethyl adjacent to an activating group) is 1. The summed E-state index contributed by atoms with van der Waals surface area (Å²) in [4.78, 5) is 13.6. The summed E-state index contributed by atoms with van der Waals surface area (Å²) in [7, 11) is 1.89. The summed E-state index contributed by atoms with van der Waals surface area (Å²) in [6, 6.07) is 0. The topological polar surface area (TPSA) is 55.6 Å². The van der Waals surface area contributed by atoms with Crippen LogP contribution in [0.5, 0.6) is 0 Å². The molecule has 17 heavy (non-hydrogen) atoms. The predicted molar refractivity (Wildman–Crippen MR) is 66.4 cm³/mol. The van der Waals surface area contributed by atoms with Gasteiger partial charge in [-0.15, -0.1) is 0 Å². The number of carbonyl (C=O) groups is 1. The fraction of sp³-hybridized carbons (Fsp3) is 0.923. The van der Waals surface area contributed by atoms with Gasteiger partial charge in [0.1, 0.15) is 6.61 Å². The fourth-order valence-electron chi connectivity index (χ4n) is 3.41. The van der Waals surface area contributed by atoms with E-state index in [0.29, 0.717) is 13.2 Å². The summed E-state index contributed by atoms with van der Waals surface area (Å²) in [5, 5.41) is 0. The molecule has 4 heteroatoms. The van der Waals surface area contributed by atoms with Crippen LogP contribution in [-0.2, 0) is 9.53 Å². The Hall–Kier alpha value is -0.610. The maximum Gasteiger partial charge on any atom is 0.248 e. The van der Waals surface area contributed by atoms with Crippen molar-refractivity contribution in [1.29, 1.82) is 0 Å². The number of hydrogen-bond acceptors (Lipinski definition) is 3.